The quantitative estimate of drug-likeness (QED) is 0.162. The number of rotatable bonds is 5. The van der Waals surface area contributed by atoms with E-state index in [4.69, 9.17) is 22.6 Å². The van der Waals surface area contributed by atoms with Crippen LogP contribution in [0.25, 0.3) is 61.3 Å². The van der Waals surface area contributed by atoms with E-state index in [-0.39, 0.29) is 31.2 Å². The number of para-hydroxylation sites is 2. The summed E-state index contributed by atoms with van der Waals surface area (Å²) in [4.78, 5) is 14.1. The Labute approximate surface area is 322 Å². The average Bonchev–Trinajstić information content (AvgIpc) is 3.73. The van der Waals surface area contributed by atoms with Crippen molar-refractivity contribution in [3.05, 3.63) is 143 Å². The van der Waals surface area contributed by atoms with Crippen molar-refractivity contribution >= 4 is 33.0 Å². The Hall–Kier alpha value is -4.90. The Balaban J connectivity index is 0.000000223. The summed E-state index contributed by atoms with van der Waals surface area (Å²) in [7, 11) is 0. The third-order valence-corrected chi connectivity index (χ3v) is 8.93. The molecule has 4 heterocycles. The maximum Gasteiger partial charge on any atom is 0.120 e. The molecule has 0 saturated carbocycles. The zero-order chi connectivity index (χ0) is 40.1. The van der Waals surface area contributed by atoms with Crippen molar-refractivity contribution in [2.75, 3.05) is 0 Å². The van der Waals surface area contributed by atoms with Crippen LogP contribution in [0.4, 0.5) is 0 Å². The van der Waals surface area contributed by atoms with Crippen LogP contribution in [0.15, 0.2) is 102 Å². The van der Waals surface area contributed by atoms with Crippen LogP contribution in [0.3, 0.4) is 0 Å². The van der Waals surface area contributed by atoms with E-state index in [1.54, 1.807) is 12.1 Å². The number of aromatic nitrogens is 4. The van der Waals surface area contributed by atoms with Crippen molar-refractivity contribution in [2.45, 2.75) is 67.1 Å². The van der Waals surface area contributed by atoms with Crippen LogP contribution >= 0.6 is 0 Å². The maximum absolute atomic E-state index is 7.28. The van der Waals surface area contributed by atoms with Gasteiger partial charge in [0.05, 0.1) is 28.1 Å². The first-order chi connectivity index (χ1) is 26.5. The Morgan fingerprint density at radius 2 is 1.53 bits per heavy atom. The minimum atomic E-state index is -2.18. The van der Waals surface area contributed by atoms with Crippen molar-refractivity contribution in [1.82, 2.24) is 19.5 Å². The first-order valence-electron chi connectivity index (χ1n) is 19.8. The number of benzene rings is 4. The number of aryl methyl sites for hydroxylation is 4. The van der Waals surface area contributed by atoms with E-state index in [9.17, 15) is 0 Å². The van der Waals surface area contributed by atoms with E-state index in [1.165, 1.54) is 41.2 Å². The molecular weight excluding hydrogens is 805 g/mol. The molecule has 259 valence electrons. The van der Waals surface area contributed by atoms with E-state index < -0.39 is 13.7 Å². The van der Waals surface area contributed by atoms with Gasteiger partial charge in [0, 0.05) is 51.3 Å². The summed E-state index contributed by atoms with van der Waals surface area (Å²) >= 11 is 0. The fourth-order valence-electron chi connectivity index (χ4n) is 6.54. The normalized spacial score (nSPS) is 13.6. The molecule has 8 rings (SSSR count). The van der Waals surface area contributed by atoms with Gasteiger partial charge in [0.1, 0.15) is 5.58 Å². The second-order valence-electron chi connectivity index (χ2n) is 13.2. The van der Waals surface area contributed by atoms with Crippen LogP contribution in [0, 0.1) is 39.7 Å². The number of pyridine rings is 2. The summed E-state index contributed by atoms with van der Waals surface area (Å²) in [6.07, 6.45) is 1.30. The summed E-state index contributed by atoms with van der Waals surface area (Å²) in [5.41, 5.74) is 11.8. The van der Waals surface area contributed by atoms with Gasteiger partial charge in [-0.05, 0) is 67.1 Å². The minimum Gasteiger partial charge on any atom is -0.501 e. The molecule has 0 fully saturated rings. The van der Waals surface area contributed by atoms with Gasteiger partial charge in [0.25, 0.3) is 0 Å². The summed E-state index contributed by atoms with van der Waals surface area (Å²) < 4.78 is 52.4. The van der Waals surface area contributed by atoms with Crippen molar-refractivity contribution in [2.24, 2.45) is 0 Å². The average molecular weight is 853 g/mol. The van der Waals surface area contributed by atoms with Crippen LogP contribution in [-0.4, -0.2) is 19.5 Å². The van der Waals surface area contributed by atoms with Crippen molar-refractivity contribution in [1.29, 1.82) is 0 Å². The molecule has 0 atom stereocenters. The van der Waals surface area contributed by atoms with Gasteiger partial charge < -0.3 is 14.0 Å². The van der Waals surface area contributed by atoms with Gasteiger partial charge in [-0.1, -0.05) is 94.0 Å². The van der Waals surface area contributed by atoms with Crippen molar-refractivity contribution in [3.63, 3.8) is 0 Å². The molecule has 0 amide bonds. The predicted molar refractivity (Wildman–Crippen MR) is 206 cm³/mol. The Morgan fingerprint density at radius 3 is 2.20 bits per heavy atom. The first-order valence-corrected chi connectivity index (χ1v) is 16.8. The van der Waals surface area contributed by atoms with Crippen LogP contribution in [0.2, 0.25) is 0 Å². The molecule has 0 aliphatic heterocycles. The Morgan fingerprint density at radius 1 is 0.784 bits per heavy atom. The van der Waals surface area contributed by atoms with Gasteiger partial charge in [-0.25, -0.2) is 0 Å². The monoisotopic (exact) mass is 853 g/mol. The second kappa shape index (κ2) is 14.8. The molecule has 51 heavy (non-hydrogen) atoms. The van der Waals surface area contributed by atoms with Gasteiger partial charge in [0.2, 0.25) is 0 Å². The van der Waals surface area contributed by atoms with Crippen LogP contribution in [-0.2, 0) is 20.1 Å². The maximum atomic E-state index is 7.28. The van der Waals surface area contributed by atoms with Gasteiger partial charge in [0.15, 0.2) is 0 Å². The molecule has 8 aromatic rings. The second-order valence-corrected chi connectivity index (χ2v) is 13.2. The summed E-state index contributed by atoms with van der Waals surface area (Å²) in [6.45, 7) is 8.77. The van der Waals surface area contributed by atoms with Crippen LogP contribution in [0.1, 0.15) is 81.4 Å². The molecule has 0 N–H and O–H groups in total. The van der Waals surface area contributed by atoms with Gasteiger partial charge in [-0.2, -0.15) is 0 Å². The molecule has 6 heteroatoms. The molecule has 0 unspecified atom stereocenters. The smallest absolute Gasteiger partial charge is 0.120 e. The zero-order valence-electron chi connectivity index (χ0n) is 35.4. The van der Waals surface area contributed by atoms with Crippen LogP contribution in [0.5, 0.6) is 0 Å². The first kappa shape index (κ1) is 28.8. The molecule has 0 saturated heterocycles. The van der Waals surface area contributed by atoms with E-state index in [1.807, 2.05) is 32.0 Å². The minimum absolute atomic E-state index is 0. The molecule has 0 aliphatic carbocycles. The van der Waals surface area contributed by atoms with Gasteiger partial charge in [-0.3, -0.25) is 9.97 Å². The third kappa shape index (κ3) is 6.91. The molecule has 4 aromatic carbocycles. The SMILES string of the molecule is Cc1cc2c(nc(-c3[c-]ccc4c3oc3ccccc34)n2-c2c(C(C)C)cccc2C(C)C)c(C)n1.[2H]C([2H])([2H])c1c[c-]c(-c2ccc(C([2H])([2H])[2H])cn2)cc1.[Ir]. The summed E-state index contributed by atoms with van der Waals surface area (Å²) in [6, 6.07) is 35.0. The number of furan rings is 1. The fraction of sp³-hybridized carbons (Fsp3) is 0.222. The van der Waals surface area contributed by atoms with Gasteiger partial charge in [-0.15, -0.1) is 53.6 Å². The van der Waals surface area contributed by atoms with E-state index in [0.29, 0.717) is 23.1 Å². The molecular formula is C45H42IrN4O-2. The van der Waals surface area contributed by atoms with Crippen LogP contribution < -0.4 is 0 Å². The zero-order valence-corrected chi connectivity index (χ0v) is 31.8. The third-order valence-electron chi connectivity index (χ3n) is 8.93. The molecule has 0 bridgehead atoms. The summed E-state index contributed by atoms with van der Waals surface area (Å²) in [5, 5.41) is 2.18. The van der Waals surface area contributed by atoms with Gasteiger partial charge >= 0.3 is 0 Å². The van der Waals surface area contributed by atoms with Crippen molar-refractivity contribution in [3.8, 4) is 28.3 Å². The fourth-order valence-corrected chi connectivity index (χ4v) is 6.54. The number of nitrogens with zero attached hydrogens (tertiary/aromatic N) is 4. The number of imidazole rings is 1. The van der Waals surface area contributed by atoms with E-state index in [0.717, 1.165) is 55.7 Å². The number of fused-ring (bicyclic) bond motifs is 4. The molecule has 5 nitrogen and oxygen atoms in total. The standard InChI is InChI=1S/C32H30N3O.C13H12N.Ir/c1-18(2)22-12-9-13-23(19(3)4)30(22)35-27-17-20(5)33-21(6)29(27)34-32(35)26-15-10-14-25-24-11-7-8-16-28(24)36-31(25)26;1-10-3-6-12(7-4-10)13-8-5-11(2)9-14-13;/h7-14,16-19H,1-6H3;3-6,8-9H,1-2H3;/q2*-1;/i;1D3,2D3;. The summed E-state index contributed by atoms with van der Waals surface area (Å²) in [5.74, 6) is 1.53. The molecule has 0 spiro atoms. The Bertz CT molecular complexity index is 2610. The largest absolute Gasteiger partial charge is 0.501 e. The predicted octanol–water partition coefficient (Wildman–Crippen LogP) is 11.8. The van der Waals surface area contributed by atoms with Crippen molar-refractivity contribution < 1.29 is 32.7 Å². The Kier molecular flexibility index (Phi) is 8.32. The number of hydrogen-bond acceptors (Lipinski definition) is 4. The molecule has 4 aromatic heterocycles. The number of hydrogen-bond donors (Lipinski definition) is 0. The van der Waals surface area contributed by atoms with E-state index >= 15 is 0 Å². The molecule has 1 radical (unpaired) electrons. The molecule has 0 aliphatic rings. The van der Waals surface area contributed by atoms with E-state index in [2.05, 4.69) is 91.8 Å². The topological polar surface area (TPSA) is 56.7 Å².